The molecule has 1 aliphatic heterocycles. The summed E-state index contributed by atoms with van der Waals surface area (Å²) in [7, 11) is 0. The Morgan fingerprint density at radius 3 is 2.93 bits per heavy atom. The molecule has 1 amide bonds. The fourth-order valence-electron chi connectivity index (χ4n) is 3.25. The molecule has 2 heterocycles. The molecule has 7 heteroatoms. The van der Waals surface area contributed by atoms with Crippen LogP contribution in [0.4, 0.5) is 0 Å². The van der Waals surface area contributed by atoms with Gasteiger partial charge in [-0.2, -0.15) is 0 Å². The summed E-state index contributed by atoms with van der Waals surface area (Å²) in [4.78, 5) is 22.3. The fraction of sp³-hybridized carbons (Fsp3) is 0.333. The number of ether oxygens (including phenoxy) is 3. The fourth-order valence-corrected chi connectivity index (χ4v) is 3.25. The summed E-state index contributed by atoms with van der Waals surface area (Å²) in [6.45, 7) is 5.39. The number of nitrogens with one attached hydrogen (secondary N) is 1. The van der Waals surface area contributed by atoms with Crippen molar-refractivity contribution < 1.29 is 19.0 Å². The number of hydrogen-bond donors (Lipinski definition) is 1. The first kappa shape index (κ1) is 18.2. The number of H-pyrrole nitrogens is 1. The molecule has 0 radical (unpaired) electrons. The molecule has 7 nitrogen and oxygen atoms in total. The monoisotopic (exact) mass is 381 g/mol. The van der Waals surface area contributed by atoms with Gasteiger partial charge in [0.25, 0.3) is 5.91 Å². The Balaban J connectivity index is 1.33. The van der Waals surface area contributed by atoms with Crippen molar-refractivity contribution in [2.75, 3.05) is 26.5 Å². The third-order valence-electron chi connectivity index (χ3n) is 4.82. The highest BCUT2D eigenvalue weighted by molar-refractivity contribution is 5.79. The maximum atomic E-state index is 12.5. The van der Waals surface area contributed by atoms with Crippen LogP contribution in [0.2, 0.25) is 0 Å². The Morgan fingerprint density at radius 2 is 2.11 bits per heavy atom. The molecule has 0 spiro atoms. The van der Waals surface area contributed by atoms with E-state index in [4.69, 9.17) is 14.2 Å². The summed E-state index contributed by atoms with van der Waals surface area (Å²) in [6, 6.07) is 11.4. The molecule has 0 unspecified atom stereocenters. The molecule has 146 valence electrons. The van der Waals surface area contributed by atoms with Crippen molar-refractivity contribution in [3.8, 4) is 17.2 Å². The number of hydrogen-bond acceptors (Lipinski definition) is 5. The van der Waals surface area contributed by atoms with Crippen LogP contribution in [0.25, 0.3) is 11.0 Å². The van der Waals surface area contributed by atoms with Crippen LogP contribution in [-0.2, 0) is 11.2 Å². The van der Waals surface area contributed by atoms with Crippen LogP contribution in [-0.4, -0.2) is 47.3 Å². The minimum absolute atomic E-state index is 0.0211. The maximum absolute atomic E-state index is 12.5. The largest absolute Gasteiger partial charge is 0.484 e. The van der Waals surface area contributed by atoms with Gasteiger partial charge in [0.15, 0.2) is 18.1 Å². The zero-order valence-electron chi connectivity index (χ0n) is 16.0. The van der Waals surface area contributed by atoms with Crippen molar-refractivity contribution in [1.29, 1.82) is 0 Å². The van der Waals surface area contributed by atoms with Gasteiger partial charge in [0, 0.05) is 25.6 Å². The van der Waals surface area contributed by atoms with Crippen LogP contribution in [0.5, 0.6) is 17.2 Å². The molecule has 3 aromatic rings. The van der Waals surface area contributed by atoms with E-state index in [0.29, 0.717) is 36.8 Å². The number of likely N-dealkylation sites (N-methyl/N-ethyl adjacent to an activating group) is 1. The summed E-state index contributed by atoms with van der Waals surface area (Å²) in [5, 5.41) is 0. The Bertz CT molecular complexity index is 998. The minimum Gasteiger partial charge on any atom is -0.484 e. The third-order valence-corrected chi connectivity index (χ3v) is 4.82. The van der Waals surface area contributed by atoms with Gasteiger partial charge in [0.05, 0.1) is 11.0 Å². The molecule has 0 saturated heterocycles. The number of aromatic amines is 1. The van der Waals surface area contributed by atoms with Crippen molar-refractivity contribution in [3.05, 3.63) is 47.8 Å². The highest BCUT2D eigenvalue weighted by atomic mass is 16.7. The number of amides is 1. The van der Waals surface area contributed by atoms with Gasteiger partial charge >= 0.3 is 0 Å². The molecule has 1 aromatic heterocycles. The molecule has 28 heavy (non-hydrogen) atoms. The predicted octanol–water partition coefficient (Wildman–Crippen LogP) is 3.07. The Morgan fingerprint density at radius 1 is 1.25 bits per heavy atom. The number of nitrogens with zero attached hydrogens (tertiary/aromatic N) is 2. The number of aromatic nitrogens is 2. The normalized spacial score (nSPS) is 12.4. The van der Waals surface area contributed by atoms with Crippen LogP contribution < -0.4 is 14.2 Å². The number of fused-ring (bicyclic) bond motifs is 2. The predicted molar refractivity (Wildman–Crippen MR) is 105 cm³/mol. The summed E-state index contributed by atoms with van der Waals surface area (Å²) in [5.41, 5.74) is 3.15. The molecule has 2 aromatic carbocycles. The molecular weight excluding hydrogens is 358 g/mol. The molecule has 0 fully saturated rings. The van der Waals surface area contributed by atoms with Crippen LogP contribution in [0.1, 0.15) is 18.3 Å². The zero-order chi connectivity index (χ0) is 19.5. The van der Waals surface area contributed by atoms with Gasteiger partial charge in [0.1, 0.15) is 11.6 Å². The summed E-state index contributed by atoms with van der Waals surface area (Å²) in [5.74, 6) is 2.73. The maximum Gasteiger partial charge on any atom is 0.260 e. The first-order chi connectivity index (χ1) is 13.6. The van der Waals surface area contributed by atoms with E-state index in [-0.39, 0.29) is 19.3 Å². The molecule has 0 bridgehead atoms. The second-order valence-corrected chi connectivity index (χ2v) is 6.68. The highest BCUT2D eigenvalue weighted by Gasteiger charge is 2.16. The van der Waals surface area contributed by atoms with Crippen LogP contribution in [0, 0.1) is 6.92 Å². The van der Waals surface area contributed by atoms with E-state index in [9.17, 15) is 4.79 Å². The molecule has 1 N–H and O–H groups in total. The third kappa shape index (κ3) is 3.74. The number of carbonyl (C=O) groups is 1. The van der Waals surface area contributed by atoms with Crippen molar-refractivity contribution in [1.82, 2.24) is 14.9 Å². The highest BCUT2D eigenvalue weighted by Crippen LogP contribution is 2.35. The van der Waals surface area contributed by atoms with Crippen molar-refractivity contribution in [3.63, 3.8) is 0 Å². The van der Waals surface area contributed by atoms with E-state index in [1.165, 1.54) is 0 Å². The molecule has 0 aliphatic carbocycles. The van der Waals surface area contributed by atoms with Crippen LogP contribution in [0.3, 0.4) is 0 Å². The summed E-state index contributed by atoms with van der Waals surface area (Å²) in [6.07, 6.45) is 0.664. The number of aryl methyl sites for hydroxylation is 1. The Hall–Kier alpha value is -3.22. The van der Waals surface area contributed by atoms with Gasteiger partial charge in [-0.1, -0.05) is 12.1 Å². The average Bonchev–Trinajstić information content (AvgIpc) is 3.33. The number of benzene rings is 2. The van der Waals surface area contributed by atoms with E-state index in [1.54, 1.807) is 23.1 Å². The minimum atomic E-state index is -0.0625. The second-order valence-electron chi connectivity index (χ2n) is 6.68. The average molecular weight is 381 g/mol. The van der Waals surface area contributed by atoms with E-state index in [1.807, 2.05) is 32.0 Å². The lowest BCUT2D eigenvalue weighted by Gasteiger charge is -2.20. The SMILES string of the molecule is CCN(CCc1nc2c(C)cccc2[nH]1)C(=O)COc1ccc2c(c1)OCO2. The van der Waals surface area contributed by atoms with Crippen LogP contribution >= 0.6 is 0 Å². The first-order valence-corrected chi connectivity index (χ1v) is 9.38. The smallest absolute Gasteiger partial charge is 0.260 e. The quantitative estimate of drug-likeness (QED) is 0.681. The second kappa shape index (κ2) is 7.80. The van der Waals surface area contributed by atoms with E-state index >= 15 is 0 Å². The van der Waals surface area contributed by atoms with Gasteiger partial charge in [-0.25, -0.2) is 4.98 Å². The van der Waals surface area contributed by atoms with E-state index in [0.717, 1.165) is 22.4 Å². The molecular formula is C21H23N3O4. The van der Waals surface area contributed by atoms with Crippen molar-refractivity contribution in [2.24, 2.45) is 0 Å². The standard InChI is InChI=1S/C21H23N3O4/c1-3-24(10-9-19-22-16-6-4-5-14(2)21(16)23-19)20(25)12-26-15-7-8-17-18(11-15)28-13-27-17/h4-8,11H,3,9-10,12-13H2,1-2H3,(H,22,23). The van der Waals surface area contributed by atoms with Crippen molar-refractivity contribution in [2.45, 2.75) is 20.3 Å². The summed E-state index contributed by atoms with van der Waals surface area (Å²) >= 11 is 0. The summed E-state index contributed by atoms with van der Waals surface area (Å²) < 4.78 is 16.2. The molecule has 1 aliphatic rings. The van der Waals surface area contributed by atoms with E-state index in [2.05, 4.69) is 9.97 Å². The van der Waals surface area contributed by atoms with Gasteiger partial charge < -0.3 is 24.1 Å². The number of rotatable bonds is 7. The zero-order valence-corrected chi connectivity index (χ0v) is 16.0. The molecule has 0 saturated carbocycles. The molecule has 0 atom stereocenters. The lowest BCUT2D eigenvalue weighted by Crippen LogP contribution is -2.36. The van der Waals surface area contributed by atoms with E-state index < -0.39 is 0 Å². The van der Waals surface area contributed by atoms with Crippen LogP contribution in [0.15, 0.2) is 36.4 Å². The Labute approximate surface area is 163 Å². The van der Waals surface area contributed by atoms with Gasteiger partial charge in [-0.15, -0.1) is 0 Å². The number of imidazole rings is 1. The molecule has 4 rings (SSSR count). The lowest BCUT2D eigenvalue weighted by atomic mass is 10.2. The van der Waals surface area contributed by atoms with Gasteiger partial charge in [-0.05, 0) is 37.6 Å². The number of para-hydroxylation sites is 1. The van der Waals surface area contributed by atoms with Crippen molar-refractivity contribution >= 4 is 16.9 Å². The number of carbonyl (C=O) groups excluding carboxylic acids is 1. The lowest BCUT2D eigenvalue weighted by molar-refractivity contribution is -0.133. The Kier molecular flexibility index (Phi) is 5.06. The van der Waals surface area contributed by atoms with Gasteiger partial charge in [0.2, 0.25) is 6.79 Å². The topological polar surface area (TPSA) is 76.7 Å². The first-order valence-electron chi connectivity index (χ1n) is 9.38. The van der Waals surface area contributed by atoms with Gasteiger partial charge in [-0.3, -0.25) is 4.79 Å².